The second kappa shape index (κ2) is 17.9. The maximum absolute atomic E-state index is 14.2. The Labute approximate surface area is 331 Å². The molecule has 2 aliphatic rings. The van der Waals surface area contributed by atoms with Gasteiger partial charge in [0.1, 0.15) is 23.4 Å². The van der Waals surface area contributed by atoms with E-state index in [2.05, 4.69) is 31.2 Å². The van der Waals surface area contributed by atoms with Crippen LogP contribution in [0.15, 0.2) is 47.1 Å². The fraction of sp³-hybridized carbons (Fsp3) is 0.368. The number of carbonyl (C=O) groups is 6. The molecule has 5 N–H and O–H groups in total. The van der Waals surface area contributed by atoms with Crippen molar-refractivity contribution < 1.29 is 59.9 Å². The standard InChI is InChI=1S/C38H37F5N8O8/c1-19-23-14-20(39)15-24(40)31(23)59-30(19)32(38(41,42)43)50-37(57)48-21-16-46-36(47-17-21)45-13-6-4-2-3-5-12-44-28(53)18-58-26-9-7-8-22-29(26)35(56)51(34(22)55)25-10-11-27(52)49-33(25)54/h7-9,14-17,25,32H,2-6,10-13,18H2,1H3,(H,44,53)(H,45,46,47)(H2,48,50,57)(H,49,52,54)/t25?,32-/m1/s1. The Hall–Kier alpha value is -6.67. The van der Waals surface area contributed by atoms with Gasteiger partial charge in [-0.2, -0.15) is 13.2 Å². The molecule has 59 heavy (non-hydrogen) atoms. The van der Waals surface area contributed by atoms with Crippen LogP contribution in [0.4, 0.5) is 38.4 Å². The highest BCUT2D eigenvalue weighted by atomic mass is 19.4. The molecular formula is C38H37F5N8O8. The zero-order valence-electron chi connectivity index (χ0n) is 31.3. The van der Waals surface area contributed by atoms with Crippen LogP contribution in [0, 0.1) is 18.6 Å². The van der Waals surface area contributed by atoms with Crippen molar-refractivity contribution in [2.24, 2.45) is 0 Å². The number of alkyl halides is 3. The third-order valence-electron chi connectivity index (χ3n) is 9.52. The van der Waals surface area contributed by atoms with Gasteiger partial charge in [-0.3, -0.25) is 34.2 Å². The lowest BCUT2D eigenvalue weighted by Crippen LogP contribution is -2.54. The molecule has 0 bridgehead atoms. The molecule has 7 amide bonds. The van der Waals surface area contributed by atoms with Gasteiger partial charge in [0.15, 0.2) is 24.0 Å². The molecule has 2 aromatic carbocycles. The summed E-state index contributed by atoms with van der Waals surface area (Å²) < 4.78 is 80.4. The molecule has 2 aromatic heterocycles. The number of imide groups is 2. The largest absolute Gasteiger partial charge is 0.483 e. The Kier molecular flexibility index (Phi) is 12.7. The number of furan rings is 1. The number of unbranched alkanes of at least 4 members (excludes halogenated alkanes) is 4. The van der Waals surface area contributed by atoms with E-state index in [0.29, 0.717) is 25.6 Å². The number of rotatable bonds is 16. The van der Waals surface area contributed by atoms with E-state index in [-0.39, 0.29) is 52.3 Å². The van der Waals surface area contributed by atoms with Crippen molar-refractivity contribution in [3.05, 3.63) is 76.8 Å². The number of nitrogens with one attached hydrogen (secondary N) is 5. The van der Waals surface area contributed by atoms with E-state index >= 15 is 0 Å². The van der Waals surface area contributed by atoms with Crippen molar-refractivity contribution in [2.45, 2.75) is 70.1 Å². The van der Waals surface area contributed by atoms with Crippen LogP contribution in [0.1, 0.15) is 83.0 Å². The van der Waals surface area contributed by atoms with Gasteiger partial charge >= 0.3 is 12.2 Å². The highest BCUT2D eigenvalue weighted by Crippen LogP contribution is 2.39. The van der Waals surface area contributed by atoms with E-state index < -0.39 is 83.4 Å². The number of anilines is 2. The average molecular weight is 829 g/mol. The maximum atomic E-state index is 14.2. The number of piperidine rings is 1. The Morgan fingerprint density at radius 2 is 1.71 bits per heavy atom. The Bertz CT molecular complexity index is 2280. The molecule has 4 aromatic rings. The molecule has 2 aliphatic heterocycles. The lowest BCUT2D eigenvalue weighted by molar-refractivity contribution is -0.158. The van der Waals surface area contributed by atoms with E-state index in [1.165, 1.54) is 37.5 Å². The van der Waals surface area contributed by atoms with E-state index in [1.54, 1.807) is 5.32 Å². The smallest absolute Gasteiger partial charge is 0.416 e. The van der Waals surface area contributed by atoms with Crippen molar-refractivity contribution >= 4 is 58.2 Å². The molecule has 0 radical (unpaired) electrons. The molecule has 2 atom stereocenters. The normalized spacial score (nSPS) is 15.8. The Balaban J connectivity index is 0.856. The number of fused-ring (bicyclic) bond motifs is 2. The molecule has 312 valence electrons. The minimum absolute atomic E-state index is 0.00906. The summed E-state index contributed by atoms with van der Waals surface area (Å²) in [4.78, 5) is 83.8. The van der Waals surface area contributed by atoms with Crippen LogP contribution in [0.2, 0.25) is 0 Å². The summed E-state index contributed by atoms with van der Waals surface area (Å²) in [5, 5.41) is 11.6. The fourth-order valence-corrected chi connectivity index (χ4v) is 6.62. The molecule has 1 fully saturated rings. The van der Waals surface area contributed by atoms with E-state index in [1.807, 2.05) is 0 Å². The first-order valence-electron chi connectivity index (χ1n) is 18.4. The first-order chi connectivity index (χ1) is 28.1. The van der Waals surface area contributed by atoms with Gasteiger partial charge in [-0.15, -0.1) is 0 Å². The van der Waals surface area contributed by atoms with Crippen molar-refractivity contribution in [1.82, 2.24) is 30.8 Å². The summed E-state index contributed by atoms with van der Waals surface area (Å²) in [6.45, 7) is 1.65. The minimum atomic E-state index is -5.05. The second-order valence-corrected chi connectivity index (χ2v) is 13.7. The Morgan fingerprint density at radius 3 is 2.42 bits per heavy atom. The van der Waals surface area contributed by atoms with Crippen LogP contribution in [0.3, 0.4) is 0 Å². The van der Waals surface area contributed by atoms with E-state index in [0.717, 1.165) is 36.6 Å². The van der Waals surface area contributed by atoms with Gasteiger partial charge in [-0.05, 0) is 44.4 Å². The molecule has 0 saturated carbocycles. The van der Waals surface area contributed by atoms with Gasteiger partial charge < -0.3 is 30.4 Å². The van der Waals surface area contributed by atoms with Gasteiger partial charge in [0.2, 0.25) is 17.8 Å². The van der Waals surface area contributed by atoms with E-state index in [4.69, 9.17) is 9.15 Å². The van der Waals surface area contributed by atoms with Gasteiger partial charge in [0.25, 0.3) is 17.7 Å². The highest BCUT2D eigenvalue weighted by molar-refractivity contribution is 6.24. The first-order valence-corrected chi connectivity index (χ1v) is 18.4. The van der Waals surface area contributed by atoms with Gasteiger partial charge in [0.05, 0.1) is 29.2 Å². The number of urea groups is 1. The van der Waals surface area contributed by atoms with Crippen LogP contribution < -0.4 is 31.3 Å². The van der Waals surface area contributed by atoms with Gasteiger partial charge in [0, 0.05) is 36.5 Å². The number of amides is 7. The molecule has 1 unspecified atom stereocenters. The van der Waals surface area contributed by atoms with E-state index in [9.17, 15) is 50.7 Å². The third-order valence-corrected chi connectivity index (χ3v) is 9.52. The van der Waals surface area contributed by atoms with Crippen molar-refractivity contribution in [2.75, 3.05) is 30.3 Å². The van der Waals surface area contributed by atoms with Crippen molar-refractivity contribution in [3.63, 3.8) is 0 Å². The summed E-state index contributed by atoms with van der Waals surface area (Å²) in [5.74, 6) is -5.83. The average Bonchev–Trinajstić information content (AvgIpc) is 3.64. The summed E-state index contributed by atoms with van der Waals surface area (Å²) in [5.41, 5.74) is -0.793. The number of hydrogen-bond donors (Lipinski definition) is 5. The monoisotopic (exact) mass is 828 g/mol. The number of hydrogen-bond acceptors (Lipinski definition) is 11. The van der Waals surface area contributed by atoms with Crippen LogP contribution in [-0.4, -0.2) is 82.3 Å². The number of benzene rings is 2. The molecule has 0 aliphatic carbocycles. The number of carbonyl (C=O) groups excluding carboxylic acids is 6. The zero-order valence-corrected chi connectivity index (χ0v) is 31.3. The molecule has 4 heterocycles. The predicted molar refractivity (Wildman–Crippen MR) is 197 cm³/mol. The quantitative estimate of drug-likeness (QED) is 0.0563. The van der Waals surface area contributed by atoms with Crippen LogP contribution in [0.25, 0.3) is 11.0 Å². The fourth-order valence-electron chi connectivity index (χ4n) is 6.62. The molecule has 1 saturated heterocycles. The topological polar surface area (TPSA) is 214 Å². The molecule has 21 heteroatoms. The summed E-state index contributed by atoms with van der Waals surface area (Å²) in [6, 6.07) is 0.611. The highest BCUT2D eigenvalue weighted by Gasteiger charge is 2.47. The van der Waals surface area contributed by atoms with Crippen LogP contribution in [-0.2, 0) is 14.4 Å². The number of aromatic nitrogens is 2. The van der Waals surface area contributed by atoms with Gasteiger partial charge in [-0.25, -0.2) is 23.5 Å². The van der Waals surface area contributed by atoms with Crippen molar-refractivity contribution in [1.29, 1.82) is 0 Å². The minimum Gasteiger partial charge on any atom is -0.483 e. The van der Waals surface area contributed by atoms with Crippen molar-refractivity contribution in [3.8, 4) is 5.75 Å². The maximum Gasteiger partial charge on any atom is 0.416 e. The van der Waals surface area contributed by atoms with Crippen LogP contribution in [0.5, 0.6) is 5.75 Å². The summed E-state index contributed by atoms with van der Waals surface area (Å²) in [7, 11) is 0. The number of nitrogens with zero attached hydrogens (tertiary/aromatic N) is 3. The number of halogens is 5. The molecule has 0 spiro atoms. The molecular weight excluding hydrogens is 791 g/mol. The zero-order chi connectivity index (χ0) is 42.4. The lowest BCUT2D eigenvalue weighted by atomic mass is 10.0. The molecule has 16 nitrogen and oxygen atoms in total. The summed E-state index contributed by atoms with van der Waals surface area (Å²) in [6.07, 6.45) is 1.23. The SMILES string of the molecule is Cc1c([C@@H](NC(=O)Nc2cnc(NCCCCCCCNC(=O)COc3cccc4c3C(=O)N(C3CCC(=O)NC3=O)C4=O)nc2)C(F)(F)F)oc2c(F)cc(F)cc12. The predicted octanol–water partition coefficient (Wildman–Crippen LogP) is 5.19. The third kappa shape index (κ3) is 9.73. The first kappa shape index (κ1) is 41.9. The summed E-state index contributed by atoms with van der Waals surface area (Å²) >= 11 is 0. The number of aryl methyl sites for hydroxylation is 1. The number of ether oxygens (including phenoxy) is 1. The Morgan fingerprint density at radius 1 is 1.00 bits per heavy atom. The molecule has 6 rings (SSSR count). The van der Waals surface area contributed by atoms with Crippen LogP contribution >= 0.6 is 0 Å². The van der Waals surface area contributed by atoms with Gasteiger partial charge in [-0.1, -0.05) is 25.3 Å². The lowest BCUT2D eigenvalue weighted by Gasteiger charge is -2.27. The second-order valence-electron chi connectivity index (χ2n) is 13.7.